The molecule has 20 heavy (non-hydrogen) atoms. The van der Waals surface area contributed by atoms with Crippen molar-refractivity contribution in [3.63, 3.8) is 0 Å². The molecule has 0 aliphatic carbocycles. The van der Waals surface area contributed by atoms with Crippen molar-refractivity contribution < 1.29 is 4.74 Å². The van der Waals surface area contributed by atoms with Crippen LogP contribution in [0.3, 0.4) is 0 Å². The minimum Gasteiger partial charge on any atom is -0.497 e. The second kappa shape index (κ2) is 7.11. The highest BCUT2D eigenvalue weighted by atomic mass is 32.2. The molecule has 1 aromatic heterocycles. The third-order valence-electron chi connectivity index (χ3n) is 3.14. The number of nitrogens with one attached hydrogen (secondary N) is 1. The lowest BCUT2D eigenvalue weighted by Gasteiger charge is -2.23. The van der Waals surface area contributed by atoms with E-state index in [9.17, 15) is 0 Å². The molecule has 2 aromatic rings. The average Bonchev–Trinajstić information content (AvgIpc) is 2.85. The van der Waals surface area contributed by atoms with Gasteiger partial charge in [0.05, 0.1) is 7.11 Å². The lowest BCUT2D eigenvalue weighted by atomic mass is 10.0. The molecule has 1 heterocycles. The van der Waals surface area contributed by atoms with Crippen LogP contribution in [0, 0.1) is 6.92 Å². The fourth-order valence-corrected chi connectivity index (χ4v) is 4.38. The third kappa shape index (κ3) is 3.75. The van der Waals surface area contributed by atoms with Crippen LogP contribution in [0.25, 0.3) is 0 Å². The molecule has 0 aliphatic rings. The molecule has 0 spiro atoms. The molecule has 0 saturated carbocycles. The number of methoxy groups -OCH3 is 1. The van der Waals surface area contributed by atoms with E-state index >= 15 is 0 Å². The first-order valence-electron chi connectivity index (χ1n) is 6.54. The molecule has 1 aromatic carbocycles. The van der Waals surface area contributed by atoms with Crippen molar-refractivity contribution >= 4 is 23.1 Å². The van der Waals surface area contributed by atoms with E-state index in [-0.39, 0.29) is 6.04 Å². The normalized spacial score (nSPS) is 14.0. The first-order chi connectivity index (χ1) is 9.63. The minimum absolute atomic E-state index is 0.287. The Bertz CT molecular complexity index is 539. The number of aromatic nitrogens is 1. The predicted molar refractivity (Wildman–Crippen MR) is 87.0 cm³/mol. The van der Waals surface area contributed by atoms with Gasteiger partial charge in [-0.05, 0) is 31.7 Å². The summed E-state index contributed by atoms with van der Waals surface area (Å²) >= 11 is 3.53. The Morgan fingerprint density at radius 2 is 2.00 bits per heavy atom. The van der Waals surface area contributed by atoms with E-state index in [1.165, 1.54) is 5.56 Å². The molecule has 2 atom stereocenters. The summed E-state index contributed by atoms with van der Waals surface area (Å²) in [5.74, 6) is 0.888. The molecule has 0 saturated heterocycles. The van der Waals surface area contributed by atoms with Crippen LogP contribution in [0.15, 0.2) is 34.0 Å². The Morgan fingerprint density at radius 1 is 1.30 bits per heavy atom. The first kappa shape index (κ1) is 15.4. The van der Waals surface area contributed by atoms with Crippen LogP contribution in [-0.2, 0) is 0 Å². The largest absolute Gasteiger partial charge is 0.497 e. The van der Waals surface area contributed by atoms with Gasteiger partial charge in [-0.3, -0.25) is 0 Å². The molecule has 5 heteroatoms. The van der Waals surface area contributed by atoms with E-state index in [2.05, 4.69) is 34.7 Å². The average molecular weight is 308 g/mol. The summed E-state index contributed by atoms with van der Waals surface area (Å²) in [5, 5.41) is 5.89. The SMILES string of the molecule is CNC(c1ccc(OC)cc1)C(C)Sc1nc(C)cs1. The van der Waals surface area contributed by atoms with E-state index in [4.69, 9.17) is 4.74 Å². The summed E-state index contributed by atoms with van der Waals surface area (Å²) in [6, 6.07) is 8.53. The van der Waals surface area contributed by atoms with Gasteiger partial charge in [0.25, 0.3) is 0 Å². The van der Waals surface area contributed by atoms with Crippen molar-refractivity contribution in [2.75, 3.05) is 14.2 Å². The van der Waals surface area contributed by atoms with Gasteiger partial charge in [0.2, 0.25) is 0 Å². The van der Waals surface area contributed by atoms with Crippen LogP contribution >= 0.6 is 23.1 Å². The van der Waals surface area contributed by atoms with E-state index in [0.29, 0.717) is 5.25 Å². The zero-order valence-corrected chi connectivity index (χ0v) is 13.8. The summed E-state index contributed by atoms with van der Waals surface area (Å²) in [6.45, 7) is 4.26. The Balaban J connectivity index is 2.09. The zero-order valence-electron chi connectivity index (χ0n) is 12.2. The molecule has 108 valence electrons. The van der Waals surface area contributed by atoms with Crippen molar-refractivity contribution in [3.8, 4) is 5.75 Å². The van der Waals surface area contributed by atoms with Gasteiger partial charge < -0.3 is 10.1 Å². The molecule has 2 rings (SSSR count). The van der Waals surface area contributed by atoms with Crippen molar-refractivity contribution in [1.29, 1.82) is 0 Å². The number of ether oxygens (including phenoxy) is 1. The maximum atomic E-state index is 5.21. The monoisotopic (exact) mass is 308 g/mol. The van der Waals surface area contributed by atoms with Crippen LogP contribution in [0.1, 0.15) is 24.2 Å². The Hall–Kier alpha value is -1.04. The van der Waals surface area contributed by atoms with Crippen molar-refractivity contribution in [2.45, 2.75) is 29.5 Å². The maximum Gasteiger partial charge on any atom is 0.150 e. The molecule has 1 N–H and O–H groups in total. The van der Waals surface area contributed by atoms with Crippen LogP contribution in [0.4, 0.5) is 0 Å². The van der Waals surface area contributed by atoms with Crippen LogP contribution in [0.5, 0.6) is 5.75 Å². The third-order valence-corrected chi connectivity index (χ3v) is 5.41. The molecule has 3 nitrogen and oxygen atoms in total. The summed E-state index contributed by atoms with van der Waals surface area (Å²) in [7, 11) is 3.69. The highest BCUT2D eigenvalue weighted by Crippen LogP contribution is 2.33. The van der Waals surface area contributed by atoms with Crippen molar-refractivity contribution in [1.82, 2.24) is 10.3 Å². The number of thiazole rings is 1. The first-order valence-corrected chi connectivity index (χ1v) is 8.30. The maximum absolute atomic E-state index is 5.21. The molecule has 0 radical (unpaired) electrons. The second-order valence-corrected chi connectivity index (χ2v) is 7.10. The number of rotatable bonds is 6. The van der Waals surface area contributed by atoms with Crippen molar-refractivity contribution in [2.24, 2.45) is 0 Å². The van der Waals surface area contributed by atoms with E-state index < -0.39 is 0 Å². The van der Waals surface area contributed by atoms with Crippen LogP contribution < -0.4 is 10.1 Å². The van der Waals surface area contributed by atoms with Crippen molar-refractivity contribution in [3.05, 3.63) is 40.9 Å². The summed E-state index contributed by atoms with van der Waals surface area (Å²) in [4.78, 5) is 4.52. The fourth-order valence-electron chi connectivity index (χ4n) is 2.10. The second-order valence-electron chi connectivity index (χ2n) is 4.62. The number of nitrogens with zero attached hydrogens (tertiary/aromatic N) is 1. The molecule has 0 aliphatic heterocycles. The Kier molecular flexibility index (Phi) is 5.46. The van der Waals surface area contributed by atoms with Crippen LogP contribution in [-0.4, -0.2) is 24.4 Å². The lowest BCUT2D eigenvalue weighted by molar-refractivity contribution is 0.414. The van der Waals surface area contributed by atoms with Gasteiger partial charge in [0.15, 0.2) is 0 Å². The predicted octanol–water partition coefficient (Wildman–Crippen LogP) is 3.90. The van der Waals surface area contributed by atoms with E-state index in [1.807, 2.05) is 37.9 Å². The van der Waals surface area contributed by atoms with Gasteiger partial charge in [-0.2, -0.15) is 0 Å². The van der Waals surface area contributed by atoms with E-state index in [1.54, 1.807) is 18.4 Å². The topological polar surface area (TPSA) is 34.1 Å². The fraction of sp³-hybridized carbons (Fsp3) is 0.400. The van der Waals surface area contributed by atoms with E-state index in [0.717, 1.165) is 15.8 Å². The van der Waals surface area contributed by atoms with Gasteiger partial charge in [-0.25, -0.2) is 4.98 Å². The molecular formula is C15H20N2OS2. The Labute approximate surface area is 128 Å². The number of hydrogen-bond acceptors (Lipinski definition) is 5. The van der Waals surface area contributed by atoms with Gasteiger partial charge in [-0.15, -0.1) is 11.3 Å². The van der Waals surface area contributed by atoms with Gasteiger partial charge in [0.1, 0.15) is 10.1 Å². The minimum atomic E-state index is 0.287. The van der Waals surface area contributed by atoms with Gasteiger partial charge in [-0.1, -0.05) is 30.8 Å². The molecule has 0 fully saturated rings. The smallest absolute Gasteiger partial charge is 0.150 e. The highest BCUT2D eigenvalue weighted by molar-refractivity contribution is 8.01. The lowest BCUT2D eigenvalue weighted by Crippen LogP contribution is -2.25. The standard InChI is InChI=1S/C15H20N2OS2/c1-10-9-19-15(17-10)20-11(2)14(16-3)12-5-7-13(18-4)8-6-12/h5-9,11,14,16H,1-4H3. The zero-order chi connectivity index (χ0) is 14.5. The number of hydrogen-bond donors (Lipinski definition) is 1. The number of benzene rings is 1. The molecule has 0 bridgehead atoms. The van der Waals surface area contributed by atoms with Gasteiger partial charge >= 0.3 is 0 Å². The summed E-state index contributed by atoms with van der Waals surface area (Å²) in [6.07, 6.45) is 0. The summed E-state index contributed by atoms with van der Waals surface area (Å²) < 4.78 is 6.34. The molecule has 2 unspecified atom stereocenters. The quantitative estimate of drug-likeness (QED) is 0.821. The molecule has 0 amide bonds. The summed E-state index contributed by atoms with van der Waals surface area (Å²) in [5.41, 5.74) is 2.36. The number of aryl methyl sites for hydroxylation is 1. The highest BCUT2D eigenvalue weighted by Gasteiger charge is 2.19. The number of thioether (sulfide) groups is 1. The van der Waals surface area contributed by atoms with Crippen LogP contribution in [0.2, 0.25) is 0 Å². The molecular weight excluding hydrogens is 288 g/mol. The van der Waals surface area contributed by atoms with Gasteiger partial charge in [0, 0.05) is 22.4 Å². The Morgan fingerprint density at radius 3 is 2.50 bits per heavy atom.